The van der Waals surface area contributed by atoms with Crippen molar-refractivity contribution in [3.8, 4) is 0 Å². The fraction of sp³-hybridized carbons (Fsp3) is 0.333. The maximum Gasteiger partial charge on any atom is 0.416 e. The summed E-state index contributed by atoms with van der Waals surface area (Å²) in [6.07, 6.45) is -1.16. The molecule has 0 aliphatic heterocycles. The van der Waals surface area contributed by atoms with Crippen LogP contribution in [-0.2, 0) is 17.4 Å². The number of carboxylic acid groups (broad SMARTS) is 1. The number of aliphatic carboxylic acids is 1. The number of carboxylic acids is 1. The minimum Gasteiger partial charge on any atom is -0.478 e. The summed E-state index contributed by atoms with van der Waals surface area (Å²) in [5.41, 5.74) is -1.70. The highest BCUT2D eigenvalue weighted by Crippen LogP contribution is 2.29. The maximum atomic E-state index is 12.5. The van der Waals surface area contributed by atoms with Crippen LogP contribution in [0.3, 0.4) is 0 Å². The Kier molecular flexibility index (Phi) is 4.63. The van der Waals surface area contributed by atoms with Gasteiger partial charge in [-0.25, -0.2) is 4.79 Å². The molecule has 0 amide bonds. The Morgan fingerprint density at radius 3 is 2.43 bits per heavy atom. The molecule has 0 aliphatic rings. The van der Waals surface area contributed by atoms with Gasteiger partial charge in [0.25, 0.3) is 0 Å². The lowest BCUT2D eigenvalue weighted by Gasteiger charge is -2.25. The smallest absolute Gasteiger partial charge is 0.416 e. The van der Waals surface area contributed by atoms with Crippen LogP contribution in [0.1, 0.15) is 24.5 Å². The first-order valence-electron chi connectivity index (χ1n) is 6.79. The molecular weight excluding hydrogens is 313 g/mol. The van der Waals surface area contributed by atoms with Crippen LogP contribution >= 0.6 is 0 Å². The van der Waals surface area contributed by atoms with Gasteiger partial charge in [0.2, 0.25) is 5.60 Å². The summed E-state index contributed by atoms with van der Waals surface area (Å²) >= 11 is 0. The van der Waals surface area contributed by atoms with E-state index in [2.05, 4.69) is 5.10 Å². The first-order chi connectivity index (χ1) is 10.7. The van der Waals surface area contributed by atoms with E-state index in [1.807, 2.05) is 0 Å². The number of aromatic nitrogens is 2. The fourth-order valence-corrected chi connectivity index (χ4v) is 1.95. The number of rotatable bonds is 6. The third-order valence-corrected chi connectivity index (χ3v) is 3.40. The number of aryl methyl sites for hydroxylation is 1. The summed E-state index contributed by atoms with van der Waals surface area (Å²) < 4.78 is 37.5. The third kappa shape index (κ3) is 4.24. The van der Waals surface area contributed by atoms with E-state index in [4.69, 9.17) is 4.84 Å². The van der Waals surface area contributed by atoms with E-state index in [0.717, 1.165) is 17.0 Å². The van der Waals surface area contributed by atoms with Crippen molar-refractivity contribution in [3.63, 3.8) is 0 Å². The summed E-state index contributed by atoms with van der Waals surface area (Å²) in [6.45, 7) is 1.39. The van der Waals surface area contributed by atoms with Crippen molar-refractivity contribution in [2.75, 3.05) is 0 Å². The second-order valence-corrected chi connectivity index (χ2v) is 5.23. The molecule has 0 radical (unpaired) electrons. The van der Waals surface area contributed by atoms with Gasteiger partial charge in [-0.05, 0) is 37.1 Å². The molecule has 124 valence electrons. The van der Waals surface area contributed by atoms with Gasteiger partial charge >= 0.3 is 12.1 Å². The predicted octanol–water partition coefficient (Wildman–Crippen LogP) is 2.81. The molecule has 1 heterocycles. The summed E-state index contributed by atoms with van der Waals surface area (Å²) in [7, 11) is 0. The van der Waals surface area contributed by atoms with Crippen LogP contribution < -0.4 is 4.84 Å². The lowest BCUT2D eigenvalue weighted by molar-refractivity contribution is -0.167. The Bertz CT molecular complexity index is 654. The molecule has 2 rings (SSSR count). The van der Waals surface area contributed by atoms with E-state index >= 15 is 0 Å². The zero-order valence-electron chi connectivity index (χ0n) is 12.2. The van der Waals surface area contributed by atoms with Crippen molar-refractivity contribution in [3.05, 3.63) is 53.9 Å². The molecule has 0 fully saturated rings. The van der Waals surface area contributed by atoms with E-state index < -0.39 is 23.3 Å². The molecule has 1 aromatic heterocycles. The normalized spacial score (nSPS) is 14.3. The minimum atomic E-state index is -4.39. The Morgan fingerprint density at radius 2 is 1.96 bits per heavy atom. The molecule has 2 aromatic rings. The van der Waals surface area contributed by atoms with Crippen molar-refractivity contribution in [2.45, 2.75) is 31.5 Å². The Balaban J connectivity index is 2.05. The van der Waals surface area contributed by atoms with E-state index in [1.54, 1.807) is 6.07 Å². The van der Waals surface area contributed by atoms with Gasteiger partial charge in [-0.2, -0.15) is 13.2 Å². The number of halogens is 3. The van der Waals surface area contributed by atoms with Gasteiger partial charge in [0.05, 0.1) is 18.0 Å². The number of nitrogens with zero attached hydrogens (tertiary/aromatic N) is 2. The Labute approximate surface area is 130 Å². The van der Waals surface area contributed by atoms with Crippen LogP contribution in [0.5, 0.6) is 0 Å². The molecule has 5 nitrogen and oxygen atoms in total. The topological polar surface area (TPSA) is 64.4 Å². The zero-order valence-corrected chi connectivity index (χ0v) is 12.2. The number of hydrogen-bond donors (Lipinski definition) is 1. The molecular formula is C15H15F3N2O3. The van der Waals surface area contributed by atoms with E-state index in [0.29, 0.717) is 5.56 Å². The summed E-state index contributed by atoms with van der Waals surface area (Å²) in [6, 6.07) is 6.19. The Hall–Kier alpha value is -2.51. The van der Waals surface area contributed by atoms with Crippen LogP contribution in [0, 0.1) is 0 Å². The first-order valence-corrected chi connectivity index (χ1v) is 6.79. The van der Waals surface area contributed by atoms with Crippen molar-refractivity contribution in [1.29, 1.82) is 0 Å². The van der Waals surface area contributed by atoms with Gasteiger partial charge in [-0.15, -0.1) is 9.94 Å². The van der Waals surface area contributed by atoms with Crippen LogP contribution in [0.4, 0.5) is 13.2 Å². The predicted molar refractivity (Wildman–Crippen MR) is 74.6 cm³/mol. The largest absolute Gasteiger partial charge is 0.478 e. The molecule has 0 aliphatic carbocycles. The molecule has 1 atom stereocenters. The molecule has 1 aromatic carbocycles. The van der Waals surface area contributed by atoms with E-state index in [1.165, 1.54) is 31.5 Å². The summed E-state index contributed by atoms with van der Waals surface area (Å²) in [4.78, 5) is 17.8. The molecule has 0 spiro atoms. The number of carbonyl (C=O) groups is 1. The molecule has 1 unspecified atom stereocenters. The average molecular weight is 328 g/mol. The maximum absolute atomic E-state index is 12.5. The van der Waals surface area contributed by atoms with E-state index in [-0.39, 0.29) is 12.8 Å². The van der Waals surface area contributed by atoms with Gasteiger partial charge in [0.1, 0.15) is 0 Å². The molecule has 8 heteroatoms. The van der Waals surface area contributed by atoms with Crippen LogP contribution in [0.15, 0.2) is 42.7 Å². The van der Waals surface area contributed by atoms with Crippen LogP contribution in [0.25, 0.3) is 0 Å². The fourth-order valence-electron chi connectivity index (χ4n) is 1.95. The monoisotopic (exact) mass is 328 g/mol. The summed E-state index contributed by atoms with van der Waals surface area (Å²) in [5, 5.41) is 13.1. The molecule has 23 heavy (non-hydrogen) atoms. The number of hydrogen-bond acceptors (Lipinski definition) is 3. The van der Waals surface area contributed by atoms with Crippen LogP contribution in [0.2, 0.25) is 0 Å². The van der Waals surface area contributed by atoms with Crippen molar-refractivity contribution >= 4 is 5.97 Å². The average Bonchev–Trinajstić information content (AvgIpc) is 2.97. The molecule has 0 saturated heterocycles. The van der Waals surface area contributed by atoms with Gasteiger partial charge in [0, 0.05) is 6.42 Å². The minimum absolute atomic E-state index is 0.0769. The van der Waals surface area contributed by atoms with Gasteiger partial charge in [-0.1, -0.05) is 12.1 Å². The second kappa shape index (κ2) is 6.31. The lowest BCUT2D eigenvalue weighted by Crippen LogP contribution is -2.46. The van der Waals surface area contributed by atoms with Crippen LogP contribution in [-0.4, -0.2) is 26.6 Å². The standard InChI is InChI=1S/C15H15F3N2O3/c1-14(13(21)22,23-20-10-2-9-19-20)8-7-11-3-5-12(6-4-11)15(16,17)18/h2-6,9-10H,7-8H2,1H3,(H,21,22). The molecule has 1 N–H and O–H groups in total. The highest BCUT2D eigenvalue weighted by atomic mass is 19.4. The van der Waals surface area contributed by atoms with Gasteiger partial charge < -0.3 is 9.94 Å². The Morgan fingerprint density at radius 1 is 1.30 bits per heavy atom. The highest BCUT2D eigenvalue weighted by molar-refractivity contribution is 5.76. The highest BCUT2D eigenvalue weighted by Gasteiger charge is 2.37. The van der Waals surface area contributed by atoms with Gasteiger partial charge in [-0.3, -0.25) is 0 Å². The third-order valence-electron chi connectivity index (χ3n) is 3.40. The van der Waals surface area contributed by atoms with Crippen molar-refractivity contribution in [2.24, 2.45) is 0 Å². The summed E-state index contributed by atoms with van der Waals surface area (Å²) in [5.74, 6) is -1.18. The van der Waals surface area contributed by atoms with Crippen molar-refractivity contribution in [1.82, 2.24) is 9.94 Å². The zero-order chi connectivity index (χ0) is 17.1. The number of benzene rings is 1. The number of alkyl halides is 3. The first kappa shape index (κ1) is 16.9. The van der Waals surface area contributed by atoms with E-state index in [9.17, 15) is 23.1 Å². The SMILES string of the molecule is CC(CCc1ccc(C(F)(F)F)cc1)(On1cccn1)C(=O)O. The molecule has 0 bridgehead atoms. The second-order valence-electron chi connectivity index (χ2n) is 5.23. The van der Waals surface area contributed by atoms with Crippen molar-refractivity contribution < 1.29 is 27.9 Å². The van der Waals surface area contributed by atoms with Gasteiger partial charge in [0.15, 0.2) is 0 Å². The lowest BCUT2D eigenvalue weighted by atomic mass is 9.96. The quantitative estimate of drug-likeness (QED) is 0.886. The molecule has 0 saturated carbocycles.